The van der Waals surface area contributed by atoms with E-state index in [9.17, 15) is 14.0 Å². The van der Waals surface area contributed by atoms with Crippen LogP contribution in [0.2, 0.25) is 5.02 Å². The highest BCUT2D eigenvalue weighted by molar-refractivity contribution is 8.15. The van der Waals surface area contributed by atoms with Crippen LogP contribution in [0.15, 0.2) is 89.0 Å². The Hall–Kier alpha value is -3.49. The predicted molar refractivity (Wildman–Crippen MR) is 137 cm³/mol. The van der Waals surface area contributed by atoms with Gasteiger partial charge in [-0.1, -0.05) is 78.0 Å². The molecule has 0 fully saturated rings. The second kappa shape index (κ2) is 10.0. The molecular formula is C26H20ClFN4O2S. The molecule has 6 nitrogen and oxygen atoms in total. The Morgan fingerprint density at radius 1 is 1.06 bits per heavy atom. The van der Waals surface area contributed by atoms with Gasteiger partial charge in [-0.25, -0.2) is 9.40 Å². The van der Waals surface area contributed by atoms with E-state index in [0.717, 1.165) is 16.8 Å². The SMILES string of the molecule is O=C(C[C@H]1SC(N2N=C(c3ccccc3)C[C@@H]2c2ccc(F)cc2)=NC1=O)Nc1ccccc1Cl. The quantitative estimate of drug-likeness (QED) is 0.484. The fourth-order valence-electron chi connectivity index (χ4n) is 3.97. The van der Waals surface area contributed by atoms with E-state index in [0.29, 0.717) is 22.3 Å². The average Bonchev–Trinajstić information content (AvgIpc) is 3.46. The van der Waals surface area contributed by atoms with E-state index in [1.165, 1.54) is 23.9 Å². The molecule has 0 aliphatic carbocycles. The zero-order valence-electron chi connectivity index (χ0n) is 18.4. The van der Waals surface area contributed by atoms with Crippen molar-refractivity contribution >= 4 is 51.7 Å². The fourth-order valence-corrected chi connectivity index (χ4v) is 5.22. The summed E-state index contributed by atoms with van der Waals surface area (Å²) in [6, 6.07) is 22.7. The van der Waals surface area contributed by atoms with Crippen molar-refractivity contribution in [2.75, 3.05) is 5.32 Å². The zero-order valence-corrected chi connectivity index (χ0v) is 20.0. The summed E-state index contributed by atoms with van der Waals surface area (Å²) < 4.78 is 13.6. The van der Waals surface area contributed by atoms with Crippen molar-refractivity contribution in [3.63, 3.8) is 0 Å². The van der Waals surface area contributed by atoms with Crippen molar-refractivity contribution in [3.05, 3.63) is 101 Å². The van der Waals surface area contributed by atoms with E-state index in [1.807, 2.05) is 30.3 Å². The Bertz CT molecular complexity index is 1330. The molecule has 5 rings (SSSR count). The number of rotatable bonds is 5. The van der Waals surface area contributed by atoms with Crippen LogP contribution in [0.3, 0.4) is 0 Å². The van der Waals surface area contributed by atoms with Gasteiger partial charge in [-0.05, 0) is 35.4 Å². The largest absolute Gasteiger partial charge is 0.325 e. The Labute approximate surface area is 210 Å². The highest BCUT2D eigenvalue weighted by Crippen LogP contribution is 2.38. The molecular weight excluding hydrogens is 487 g/mol. The molecule has 2 atom stereocenters. The van der Waals surface area contributed by atoms with Gasteiger partial charge in [-0.3, -0.25) is 9.59 Å². The maximum Gasteiger partial charge on any atom is 0.262 e. The normalized spacial score (nSPS) is 19.5. The van der Waals surface area contributed by atoms with Gasteiger partial charge in [0.05, 0.1) is 22.5 Å². The van der Waals surface area contributed by atoms with E-state index in [4.69, 9.17) is 16.7 Å². The summed E-state index contributed by atoms with van der Waals surface area (Å²) in [5.74, 6) is -1.04. The lowest BCUT2D eigenvalue weighted by atomic mass is 9.99. The van der Waals surface area contributed by atoms with Crippen molar-refractivity contribution in [1.82, 2.24) is 5.01 Å². The first-order valence-corrected chi connectivity index (χ1v) is 12.2. The average molecular weight is 507 g/mol. The number of para-hydroxylation sites is 1. The second-order valence-corrected chi connectivity index (χ2v) is 9.68. The van der Waals surface area contributed by atoms with Crippen molar-refractivity contribution in [2.24, 2.45) is 10.1 Å². The van der Waals surface area contributed by atoms with E-state index in [1.54, 1.807) is 41.4 Å². The van der Waals surface area contributed by atoms with Gasteiger partial charge >= 0.3 is 0 Å². The second-order valence-electron chi connectivity index (χ2n) is 8.10. The minimum Gasteiger partial charge on any atom is -0.325 e. The number of thioether (sulfide) groups is 1. The number of carbonyl (C=O) groups is 2. The molecule has 2 amide bonds. The number of halogens is 2. The number of nitrogens with zero attached hydrogens (tertiary/aromatic N) is 3. The molecule has 2 aliphatic rings. The van der Waals surface area contributed by atoms with Crippen molar-refractivity contribution in [2.45, 2.75) is 24.1 Å². The molecule has 2 heterocycles. The molecule has 0 bridgehead atoms. The maximum absolute atomic E-state index is 13.6. The molecule has 0 radical (unpaired) electrons. The number of carbonyl (C=O) groups excluding carboxylic acids is 2. The standard InChI is InChI=1S/C26H20ClFN4O2S/c27-19-8-4-5-9-20(19)29-24(33)15-23-25(34)30-26(35-23)32-22(17-10-12-18(28)13-11-17)14-21(31-32)16-6-2-1-3-7-16/h1-13,22-23H,14-15H2,(H,29,33)/t22-,23-/m1/s1. The van der Waals surface area contributed by atoms with Crippen LogP contribution in [-0.4, -0.2) is 33.0 Å². The highest BCUT2D eigenvalue weighted by Gasteiger charge is 2.39. The van der Waals surface area contributed by atoms with E-state index < -0.39 is 5.25 Å². The molecule has 1 N–H and O–H groups in total. The smallest absolute Gasteiger partial charge is 0.262 e. The number of aliphatic imine (C=N–C) groups is 1. The molecule has 0 spiro atoms. The topological polar surface area (TPSA) is 74.1 Å². The fraction of sp³-hybridized carbons (Fsp3) is 0.154. The summed E-state index contributed by atoms with van der Waals surface area (Å²) in [7, 11) is 0. The third-order valence-corrected chi connectivity index (χ3v) is 7.19. The van der Waals surface area contributed by atoms with Gasteiger partial charge in [0.15, 0.2) is 5.17 Å². The number of hydrogen-bond acceptors (Lipinski definition) is 5. The van der Waals surface area contributed by atoms with Crippen LogP contribution < -0.4 is 5.32 Å². The van der Waals surface area contributed by atoms with Gasteiger partial charge < -0.3 is 5.32 Å². The minimum absolute atomic E-state index is 0.0496. The van der Waals surface area contributed by atoms with Crippen LogP contribution >= 0.6 is 23.4 Å². The monoisotopic (exact) mass is 506 g/mol. The van der Waals surface area contributed by atoms with Crippen LogP contribution in [-0.2, 0) is 9.59 Å². The number of hydrogen-bond donors (Lipinski definition) is 1. The van der Waals surface area contributed by atoms with Crippen LogP contribution in [0.25, 0.3) is 0 Å². The number of amidine groups is 1. The Kier molecular flexibility index (Phi) is 6.66. The number of nitrogens with one attached hydrogen (secondary N) is 1. The van der Waals surface area contributed by atoms with Gasteiger partial charge in [0.2, 0.25) is 5.91 Å². The number of amides is 2. The first-order valence-electron chi connectivity index (χ1n) is 11.0. The van der Waals surface area contributed by atoms with Crippen molar-refractivity contribution in [3.8, 4) is 0 Å². The molecule has 0 unspecified atom stereocenters. The summed E-state index contributed by atoms with van der Waals surface area (Å²) in [4.78, 5) is 29.5. The van der Waals surface area contributed by atoms with Crippen molar-refractivity contribution in [1.29, 1.82) is 0 Å². The van der Waals surface area contributed by atoms with E-state index in [-0.39, 0.29) is 30.1 Å². The van der Waals surface area contributed by atoms with E-state index >= 15 is 0 Å². The van der Waals surface area contributed by atoms with Crippen LogP contribution in [0.5, 0.6) is 0 Å². The summed E-state index contributed by atoms with van der Waals surface area (Å²) in [5, 5.41) is 9.42. The molecule has 3 aromatic carbocycles. The molecule has 0 saturated carbocycles. The van der Waals surface area contributed by atoms with Crippen LogP contribution in [0.1, 0.15) is 30.0 Å². The number of hydrazone groups is 1. The highest BCUT2D eigenvalue weighted by atomic mass is 35.5. The molecule has 35 heavy (non-hydrogen) atoms. The van der Waals surface area contributed by atoms with Crippen LogP contribution in [0.4, 0.5) is 10.1 Å². The minimum atomic E-state index is -0.669. The van der Waals surface area contributed by atoms with Gasteiger partial charge in [0.1, 0.15) is 11.1 Å². The first kappa shape index (κ1) is 23.3. The number of benzene rings is 3. The zero-order chi connectivity index (χ0) is 24.4. The summed E-state index contributed by atoms with van der Waals surface area (Å²) in [5.41, 5.74) is 3.16. The lowest BCUT2D eigenvalue weighted by molar-refractivity contribution is -0.121. The third-order valence-electron chi connectivity index (χ3n) is 5.72. The lowest BCUT2D eigenvalue weighted by Gasteiger charge is -2.23. The molecule has 9 heteroatoms. The van der Waals surface area contributed by atoms with E-state index in [2.05, 4.69) is 10.3 Å². The molecule has 0 saturated heterocycles. The van der Waals surface area contributed by atoms with Gasteiger partial charge in [0, 0.05) is 12.8 Å². The van der Waals surface area contributed by atoms with Crippen molar-refractivity contribution < 1.29 is 14.0 Å². The van der Waals surface area contributed by atoms with Gasteiger partial charge in [-0.15, -0.1) is 0 Å². The van der Waals surface area contributed by atoms with Crippen LogP contribution in [0, 0.1) is 5.82 Å². The summed E-state index contributed by atoms with van der Waals surface area (Å²) in [6.45, 7) is 0. The van der Waals surface area contributed by atoms with Gasteiger partial charge in [-0.2, -0.15) is 10.1 Å². The first-order chi connectivity index (χ1) is 17.0. The predicted octanol–water partition coefficient (Wildman–Crippen LogP) is 5.66. The molecule has 0 aromatic heterocycles. The Balaban J connectivity index is 1.35. The number of anilines is 1. The molecule has 176 valence electrons. The molecule has 2 aliphatic heterocycles. The summed E-state index contributed by atoms with van der Waals surface area (Å²) in [6.07, 6.45) is 0.521. The Morgan fingerprint density at radius 3 is 2.51 bits per heavy atom. The lowest BCUT2D eigenvalue weighted by Crippen LogP contribution is -2.25. The van der Waals surface area contributed by atoms with Gasteiger partial charge in [0.25, 0.3) is 5.91 Å². The Morgan fingerprint density at radius 2 is 1.77 bits per heavy atom. The maximum atomic E-state index is 13.6. The third kappa shape index (κ3) is 5.13. The summed E-state index contributed by atoms with van der Waals surface area (Å²) >= 11 is 7.33. The molecule has 3 aromatic rings.